The topological polar surface area (TPSA) is 0 Å². The SMILES string of the molecule is BrCCCCCCCCCCC1CCCCC1. The Hall–Kier alpha value is 0.480. The summed E-state index contributed by atoms with van der Waals surface area (Å²) in [7, 11) is 0. The van der Waals surface area contributed by atoms with Crippen molar-refractivity contribution in [2.75, 3.05) is 5.33 Å². The van der Waals surface area contributed by atoms with Gasteiger partial charge in [-0.2, -0.15) is 0 Å². The first-order valence-corrected chi connectivity index (χ1v) is 9.11. The van der Waals surface area contributed by atoms with Crippen molar-refractivity contribution in [3.63, 3.8) is 0 Å². The quantitative estimate of drug-likeness (QED) is 0.320. The van der Waals surface area contributed by atoms with Crippen LogP contribution in [-0.4, -0.2) is 5.33 Å². The Bertz CT molecular complexity index is 150. The molecule has 0 aromatic carbocycles. The first kappa shape index (κ1) is 15.5. The lowest BCUT2D eigenvalue weighted by molar-refractivity contribution is 0.328. The fraction of sp³-hybridized carbons (Fsp3) is 1.00. The van der Waals surface area contributed by atoms with Gasteiger partial charge in [0, 0.05) is 5.33 Å². The Balaban J connectivity index is 1.75. The van der Waals surface area contributed by atoms with Gasteiger partial charge in [-0.25, -0.2) is 0 Å². The number of unbranched alkanes of at least 4 members (excludes halogenated alkanes) is 7. The minimum Gasteiger partial charge on any atom is -0.0928 e. The summed E-state index contributed by atoms with van der Waals surface area (Å²) in [5, 5.41) is 1.19. The van der Waals surface area contributed by atoms with Crippen LogP contribution in [0.25, 0.3) is 0 Å². The molecule has 1 rings (SSSR count). The van der Waals surface area contributed by atoms with Crippen molar-refractivity contribution >= 4 is 15.9 Å². The predicted molar refractivity (Wildman–Crippen MR) is 81.9 cm³/mol. The van der Waals surface area contributed by atoms with Gasteiger partial charge in [-0.15, -0.1) is 0 Å². The van der Waals surface area contributed by atoms with E-state index in [4.69, 9.17) is 0 Å². The second kappa shape index (κ2) is 11.6. The van der Waals surface area contributed by atoms with Crippen LogP contribution in [0.3, 0.4) is 0 Å². The summed E-state index contributed by atoms with van der Waals surface area (Å²) < 4.78 is 0. The molecule has 0 nitrogen and oxygen atoms in total. The molecule has 0 heterocycles. The van der Waals surface area contributed by atoms with Crippen molar-refractivity contribution in [3.8, 4) is 0 Å². The minimum atomic E-state index is 1.10. The molecule has 0 unspecified atom stereocenters. The average molecular weight is 303 g/mol. The van der Waals surface area contributed by atoms with Gasteiger partial charge in [0.15, 0.2) is 0 Å². The largest absolute Gasteiger partial charge is 0.0928 e. The number of halogens is 1. The van der Waals surface area contributed by atoms with Crippen LogP contribution in [0, 0.1) is 5.92 Å². The van der Waals surface area contributed by atoms with E-state index in [9.17, 15) is 0 Å². The minimum absolute atomic E-state index is 1.10. The molecule has 0 N–H and O–H groups in total. The van der Waals surface area contributed by atoms with E-state index in [1.54, 1.807) is 0 Å². The lowest BCUT2D eigenvalue weighted by Gasteiger charge is -2.21. The van der Waals surface area contributed by atoms with Crippen LogP contribution >= 0.6 is 15.9 Å². The molecular weight excluding hydrogens is 272 g/mol. The Labute approximate surface area is 117 Å². The van der Waals surface area contributed by atoms with E-state index >= 15 is 0 Å². The van der Waals surface area contributed by atoms with Gasteiger partial charge < -0.3 is 0 Å². The molecule has 0 aliphatic heterocycles. The average Bonchev–Trinajstić information content (AvgIpc) is 2.38. The van der Waals surface area contributed by atoms with E-state index in [0.29, 0.717) is 0 Å². The van der Waals surface area contributed by atoms with Crippen molar-refractivity contribution in [3.05, 3.63) is 0 Å². The van der Waals surface area contributed by atoms with Crippen molar-refractivity contribution in [2.24, 2.45) is 5.92 Å². The molecule has 0 radical (unpaired) electrons. The number of hydrogen-bond donors (Lipinski definition) is 0. The van der Waals surface area contributed by atoms with E-state index in [-0.39, 0.29) is 0 Å². The second-order valence-corrected chi connectivity index (χ2v) is 6.60. The third kappa shape index (κ3) is 9.11. The van der Waals surface area contributed by atoms with E-state index < -0.39 is 0 Å². The van der Waals surface area contributed by atoms with Gasteiger partial charge in [0.25, 0.3) is 0 Å². The second-order valence-electron chi connectivity index (χ2n) is 5.81. The Kier molecular flexibility index (Phi) is 10.6. The standard InChI is InChI=1S/C16H31Br/c17-15-11-6-4-2-1-3-5-8-12-16-13-9-7-10-14-16/h16H,1-15H2. The maximum atomic E-state index is 3.49. The smallest absolute Gasteiger partial charge is 0.00313 e. The van der Waals surface area contributed by atoms with Crippen molar-refractivity contribution in [1.29, 1.82) is 0 Å². The zero-order chi connectivity index (χ0) is 12.2. The molecule has 1 fully saturated rings. The molecule has 0 aromatic heterocycles. The maximum Gasteiger partial charge on any atom is 0.00313 e. The predicted octanol–water partition coefficient (Wildman–Crippen LogP) is 6.47. The van der Waals surface area contributed by atoms with Crippen LogP contribution in [0.1, 0.15) is 89.9 Å². The van der Waals surface area contributed by atoms with Gasteiger partial charge in [0.2, 0.25) is 0 Å². The van der Waals surface area contributed by atoms with Gasteiger partial charge in [-0.05, 0) is 12.3 Å². The summed E-state index contributed by atoms with van der Waals surface area (Å²) in [6, 6.07) is 0. The normalized spacial score (nSPS) is 17.5. The summed E-state index contributed by atoms with van der Waals surface area (Å²) in [5.41, 5.74) is 0. The molecular formula is C16H31Br. The molecule has 0 atom stereocenters. The maximum absolute atomic E-state index is 3.49. The first-order chi connectivity index (χ1) is 8.43. The summed E-state index contributed by atoms with van der Waals surface area (Å²) in [6.07, 6.45) is 20.8. The van der Waals surface area contributed by atoms with Crippen molar-refractivity contribution in [2.45, 2.75) is 89.9 Å². The monoisotopic (exact) mass is 302 g/mol. The van der Waals surface area contributed by atoms with Gasteiger partial charge >= 0.3 is 0 Å². The fourth-order valence-corrected chi connectivity index (χ4v) is 3.46. The van der Waals surface area contributed by atoms with Crippen LogP contribution in [-0.2, 0) is 0 Å². The fourth-order valence-electron chi connectivity index (χ4n) is 3.06. The van der Waals surface area contributed by atoms with Crippen LogP contribution in [0.5, 0.6) is 0 Å². The zero-order valence-corrected chi connectivity index (χ0v) is 13.1. The van der Waals surface area contributed by atoms with Gasteiger partial charge in [0.1, 0.15) is 0 Å². The number of alkyl halides is 1. The molecule has 0 saturated heterocycles. The summed E-state index contributed by atoms with van der Waals surface area (Å²) in [5.74, 6) is 1.10. The summed E-state index contributed by atoms with van der Waals surface area (Å²) in [6.45, 7) is 0. The summed E-state index contributed by atoms with van der Waals surface area (Å²) >= 11 is 3.49. The third-order valence-electron chi connectivity index (χ3n) is 4.22. The number of rotatable bonds is 10. The highest BCUT2D eigenvalue weighted by molar-refractivity contribution is 9.09. The first-order valence-electron chi connectivity index (χ1n) is 7.99. The highest BCUT2D eigenvalue weighted by atomic mass is 79.9. The van der Waals surface area contributed by atoms with Crippen LogP contribution in [0.15, 0.2) is 0 Å². The molecule has 1 aliphatic rings. The molecule has 1 saturated carbocycles. The van der Waals surface area contributed by atoms with Gasteiger partial charge in [0.05, 0.1) is 0 Å². The van der Waals surface area contributed by atoms with E-state index in [1.165, 1.54) is 95.2 Å². The molecule has 1 aliphatic carbocycles. The van der Waals surface area contributed by atoms with Crippen molar-refractivity contribution < 1.29 is 0 Å². The van der Waals surface area contributed by atoms with Gasteiger partial charge in [-0.1, -0.05) is 99.4 Å². The molecule has 0 aromatic rings. The van der Waals surface area contributed by atoms with Crippen LogP contribution < -0.4 is 0 Å². The highest BCUT2D eigenvalue weighted by Gasteiger charge is 2.12. The molecule has 0 bridgehead atoms. The lowest BCUT2D eigenvalue weighted by Crippen LogP contribution is -2.05. The highest BCUT2D eigenvalue weighted by Crippen LogP contribution is 2.28. The molecule has 0 amide bonds. The molecule has 1 heteroatoms. The Morgan fingerprint density at radius 3 is 1.76 bits per heavy atom. The Morgan fingerprint density at radius 1 is 0.647 bits per heavy atom. The Morgan fingerprint density at radius 2 is 1.18 bits per heavy atom. The lowest BCUT2D eigenvalue weighted by atomic mass is 9.85. The molecule has 17 heavy (non-hydrogen) atoms. The number of hydrogen-bond acceptors (Lipinski definition) is 0. The third-order valence-corrected chi connectivity index (χ3v) is 4.78. The van der Waals surface area contributed by atoms with E-state index in [1.807, 2.05) is 0 Å². The molecule has 0 spiro atoms. The van der Waals surface area contributed by atoms with Crippen molar-refractivity contribution in [1.82, 2.24) is 0 Å². The summed E-state index contributed by atoms with van der Waals surface area (Å²) in [4.78, 5) is 0. The van der Waals surface area contributed by atoms with Gasteiger partial charge in [-0.3, -0.25) is 0 Å². The molecule has 102 valence electrons. The van der Waals surface area contributed by atoms with E-state index in [0.717, 1.165) is 5.92 Å². The zero-order valence-electron chi connectivity index (χ0n) is 11.6. The van der Waals surface area contributed by atoms with Crippen LogP contribution in [0.2, 0.25) is 0 Å². The van der Waals surface area contributed by atoms with Crippen LogP contribution in [0.4, 0.5) is 0 Å². The van der Waals surface area contributed by atoms with E-state index in [2.05, 4.69) is 15.9 Å².